The summed E-state index contributed by atoms with van der Waals surface area (Å²) in [5.74, 6) is -1.09. The summed E-state index contributed by atoms with van der Waals surface area (Å²) in [7, 11) is 1.26. The smallest absolute Gasteiger partial charge is 0.351 e. The second-order valence-electron chi connectivity index (χ2n) is 3.37. The van der Waals surface area contributed by atoms with Crippen LogP contribution in [0.4, 0.5) is 0 Å². The van der Waals surface area contributed by atoms with Crippen LogP contribution >= 0.6 is 0 Å². The Bertz CT molecular complexity index is 398. The third-order valence-corrected chi connectivity index (χ3v) is 2.17. The minimum atomic E-state index is -0.983. The largest absolute Gasteiger partial charge is 0.466 e. The first kappa shape index (κ1) is 12.2. The van der Waals surface area contributed by atoms with Crippen molar-refractivity contribution >= 4 is 11.9 Å². The van der Waals surface area contributed by atoms with Crippen LogP contribution in [0.1, 0.15) is 24.2 Å². The maximum atomic E-state index is 11.5. The van der Waals surface area contributed by atoms with Crippen molar-refractivity contribution in [2.24, 2.45) is 0 Å². The molecule has 4 nitrogen and oxygen atoms in total. The van der Waals surface area contributed by atoms with Gasteiger partial charge in [-0.25, -0.2) is 4.79 Å². The average Bonchev–Trinajstić information content (AvgIpc) is 2.26. The number of hydrogen-bond acceptors (Lipinski definition) is 4. The summed E-state index contributed by atoms with van der Waals surface area (Å²) >= 11 is 0. The van der Waals surface area contributed by atoms with E-state index in [1.807, 2.05) is 19.1 Å². The summed E-state index contributed by atoms with van der Waals surface area (Å²) in [5.41, 5.74) is 1.52. The lowest BCUT2D eigenvalue weighted by molar-refractivity contribution is -0.165. The number of rotatable bonds is 3. The fourth-order valence-electron chi connectivity index (χ4n) is 1.39. The first-order valence-electron chi connectivity index (χ1n) is 4.87. The fourth-order valence-corrected chi connectivity index (χ4v) is 1.39. The van der Waals surface area contributed by atoms with Crippen molar-refractivity contribution in [3.05, 3.63) is 35.4 Å². The zero-order chi connectivity index (χ0) is 12.1. The van der Waals surface area contributed by atoms with Crippen LogP contribution in [0.2, 0.25) is 0 Å². The molecular formula is C12H14O4. The number of carbonyl (C=O) groups excluding carboxylic acids is 2. The second-order valence-corrected chi connectivity index (χ2v) is 3.37. The molecule has 16 heavy (non-hydrogen) atoms. The van der Waals surface area contributed by atoms with Crippen molar-refractivity contribution in [2.75, 3.05) is 7.11 Å². The molecule has 1 unspecified atom stereocenters. The van der Waals surface area contributed by atoms with Crippen LogP contribution in [0, 0.1) is 6.92 Å². The van der Waals surface area contributed by atoms with Crippen LogP contribution in [0.15, 0.2) is 24.3 Å². The van der Waals surface area contributed by atoms with Gasteiger partial charge in [-0.15, -0.1) is 0 Å². The summed E-state index contributed by atoms with van der Waals surface area (Å²) in [4.78, 5) is 22.4. The fraction of sp³-hybridized carbons (Fsp3) is 0.333. The Balaban J connectivity index is 3.06. The Morgan fingerprint density at radius 2 is 1.88 bits per heavy atom. The minimum Gasteiger partial charge on any atom is -0.466 e. The molecule has 0 fully saturated rings. The zero-order valence-corrected chi connectivity index (χ0v) is 9.52. The van der Waals surface area contributed by atoms with Gasteiger partial charge < -0.3 is 9.47 Å². The van der Waals surface area contributed by atoms with E-state index in [4.69, 9.17) is 4.74 Å². The summed E-state index contributed by atoms with van der Waals surface area (Å²) in [6.45, 7) is 3.10. The number of aryl methyl sites for hydroxylation is 1. The normalized spacial score (nSPS) is 11.7. The molecule has 0 aliphatic carbocycles. The Hall–Kier alpha value is -1.84. The molecule has 0 aromatic heterocycles. The highest BCUT2D eigenvalue weighted by molar-refractivity contribution is 5.80. The van der Waals surface area contributed by atoms with E-state index in [0.717, 1.165) is 5.56 Å². The standard InChI is InChI=1S/C12H14O4/c1-8-6-4-5-7-10(8)11(12(14)15-3)16-9(2)13/h4-7,11H,1-3H3. The molecule has 0 N–H and O–H groups in total. The van der Waals surface area contributed by atoms with Gasteiger partial charge in [-0.05, 0) is 12.5 Å². The van der Waals surface area contributed by atoms with E-state index in [0.29, 0.717) is 5.56 Å². The van der Waals surface area contributed by atoms with Crippen molar-refractivity contribution in [1.29, 1.82) is 0 Å². The molecule has 0 spiro atoms. The zero-order valence-electron chi connectivity index (χ0n) is 9.52. The van der Waals surface area contributed by atoms with Gasteiger partial charge in [0.2, 0.25) is 6.10 Å². The Morgan fingerprint density at radius 3 is 2.38 bits per heavy atom. The molecule has 0 radical (unpaired) electrons. The lowest BCUT2D eigenvalue weighted by Gasteiger charge is -2.16. The highest BCUT2D eigenvalue weighted by atomic mass is 16.6. The predicted molar refractivity (Wildman–Crippen MR) is 57.7 cm³/mol. The van der Waals surface area contributed by atoms with Crippen LogP contribution in [0.5, 0.6) is 0 Å². The summed E-state index contributed by atoms with van der Waals surface area (Å²) < 4.78 is 9.56. The number of carbonyl (C=O) groups is 2. The molecule has 0 amide bonds. The minimum absolute atomic E-state index is 0.515. The number of methoxy groups -OCH3 is 1. The molecule has 0 aliphatic heterocycles. The maximum Gasteiger partial charge on any atom is 0.351 e. The molecule has 0 saturated carbocycles. The quantitative estimate of drug-likeness (QED) is 0.731. The molecule has 0 saturated heterocycles. The van der Waals surface area contributed by atoms with Crippen molar-refractivity contribution in [2.45, 2.75) is 20.0 Å². The number of benzene rings is 1. The van der Waals surface area contributed by atoms with E-state index in [9.17, 15) is 9.59 Å². The van der Waals surface area contributed by atoms with Crippen LogP contribution in [-0.2, 0) is 19.1 Å². The van der Waals surface area contributed by atoms with Gasteiger partial charge in [0, 0.05) is 12.5 Å². The molecule has 0 bridgehead atoms. The molecule has 0 heterocycles. The molecule has 1 atom stereocenters. The molecular weight excluding hydrogens is 208 g/mol. The van der Waals surface area contributed by atoms with Gasteiger partial charge in [0.05, 0.1) is 7.11 Å². The number of ether oxygens (including phenoxy) is 2. The molecule has 86 valence electrons. The maximum absolute atomic E-state index is 11.5. The van der Waals surface area contributed by atoms with Gasteiger partial charge in [-0.1, -0.05) is 24.3 Å². The number of hydrogen-bond donors (Lipinski definition) is 0. The lowest BCUT2D eigenvalue weighted by Crippen LogP contribution is -2.20. The Morgan fingerprint density at radius 1 is 1.25 bits per heavy atom. The van der Waals surface area contributed by atoms with Crippen LogP contribution in [-0.4, -0.2) is 19.0 Å². The van der Waals surface area contributed by atoms with Gasteiger partial charge in [-0.2, -0.15) is 0 Å². The first-order chi connectivity index (χ1) is 7.56. The van der Waals surface area contributed by atoms with Gasteiger partial charge in [-0.3, -0.25) is 4.79 Å². The summed E-state index contributed by atoms with van der Waals surface area (Å²) in [6, 6.07) is 7.21. The van der Waals surface area contributed by atoms with E-state index in [1.165, 1.54) is 14.0 Å². The molecule has 0 aliphatic rings. The van der Waals surface area contributed by atoms with E-state index in [-0.39, 0.29) is 0 Å². The van der Waals surface area contributed by atoms with E-state index < -0.39 is 18.0 Å². The van der Waals surface area contributed by atoms with Gasteiger partial charge in [0.25, 0.3) is 0 Å². The SMILES string of the molecule is COC(=O)C(OC(C)=O)c1ccccc1C. The van der Waals surface area contributed by atoms with E-state index in [1.54, 1.807) is 12.1 Å². The van der Waals surface area contributed by atoms with E-state index >= 15 is 0 Å². The summed E-state index contributed by atoms with van der Waals surface area (Å²) in [6.07, 6.45) is -0.983. The number of esters is 2. The van der Waals surface area contributed by atoms with Crippen molar-refractivity contribution in [3.8, 4) is 0 Å². The summed E-state index contributed by atoms with van der Waals surface area (Å²) in [5, 5.41) is 0. The monoisotopic (exact) mass is 222 g/mol. The van der Waals surface area contributed by atoms with Crippen molar-refractivity contribution in [1.82, 2.24) is 0 Å². The molecule has 1 aromatic carbocycles. The Labute approximate surface area is 94.2 Å². The second kappa shape index (κ2) is 5.30. The van der Waals surface area contributed by atoms with Crippen molar-refractivity contribution in [3.63, 3.8) is 0 Å². The highest BCUT2D eigenvalue weighted by Crippen LogP contribution is 2.22. The van der Waals surface area contributed by atoms with Gasteiger partial charge >= 0.3 is 11.9 Å². The highest BCUT2D eigenvalue weighted by Gasteiger charge is 2.25. The Kier molecular flexibility index (Phi) is 4.05. The average molecular weight is 222 g/mol. The molecule has 1 rings (SSSR count). The van der Waals surface area contributed by atoms with Crippen LogP contribution in [0.25, 0.3) is 0 Å². The van der Waals surface area contributed by atoms with Crippen LogP contribution in [0.3, 0.4) is 0 Å². The van der Waals surface area contributed by atoms with Crippen molar-refractivity contribution < 1.29 is 19.1 Å². The topological polar surface area (TPSA) is 52.6 Å². The van der Waals surface area contributed by atoms with Gasteiger partial charge in [0.1, 0.15) is 0 Å². The van der Waals surface area contributed by atoms with Gasteiger partial charge in [0.15, 0.2) is 0 Å². The molecule has 4 heteroatoms. The lowest BCUT2D eigenvalue weighted by atomic mass is 10.0. The third-order valence-electron chi connectivity index (χ3n) is 2.17. The van der Waals surface area contributed by atoms with E-state index in [2.05, 4.69) is 4.74 Å². The molecule has 1 aromatic rings. The van der Waals surface area contributed by atoms with Crippen LogP contribution < -0.4 is 0 Å². The predicted octanol–water partition coefficient (Wildman–Crippen LogP) is 1.77. The first-order valence-corrected chi connectivity index (χ1v) is 4.87. The third kappa shape index (κ3) is 2.82.